The number of rotatable bonds is 8. The number of methoxy groups -OCH3 is 1. The highest BCUT2D eigenvalue weighted by Gasteiger charge is 2.20. The maximum Gasteiger partial charge on any atom is 0.305 e. The molecular weight excluding hydrogens is 417 g/mol. The van der Waals surface area contributed by atoms with Gasteiger partial charge in [0.05, 0.1) is 7.11 Å². The SMILES string of the molecule is CCNC(=NCCCCC(=O)OC)N(C)CC1CCC(C)CC1.I. The molecule has 1 rings (SSSR count). The Bertz CT molecular complexity index is 369. The van der Waals surface area contributed by atoms with E-state index in [0.717, 1.165) is 50.3 Å². The molecule has 5 nitrogen and oxygen atoms in total. The van der Waals surface area contributed by atoms with Crippen molar-refractivity contribution in [1.29, 1.82) is 0 Å². The van der Waals surface area contributed by atoms with Crippen LogP contribution in [0.5, 0.6) is 0 Å². The first-order valence-corrected chi connectivity index (χ1v) is 9.13. The summed E-state index contributed by atoms with van der Waals surface area (Å²) in [7, 11) is 3.57. The highest BCUT2D eigenvalue weighted by Crippen LogP contribution is 2.28. The minimum Gasteiger partial charge on any atom is -0.469 e. The van der Waals surface area contributed by atoms with Crippen LogP contribution in [-0.4, -0.2) is 50.6 Å². The van der Waals surface area contributed by atoms with Gasteiger partial charge in [0.25, 0.3) is 0 Å². The van der Waals surface area contributed by atoms with Gasteiger partial charge in [-0.1, -0.05) is 19.8 Å². The molecule has 0 aliphatic heterocycles. The summed E-state index contributed by atoms with van der Waals surface area (Å²) in [5, 5.41) is 3.38. The van der Waals surface area contributed by atoms with Crippen LogP contribution < -0.4 is 5.32 Å². The lowest BCUT2D eigenvalue weighted by atomic mass is 9.83. The molecule has 1 N–H and O–H groups in total. The van der Waals surface area contributed by atoms with Gasteiger partial charge in [-0.15, -0.1) is 24.0 Å². The molecule has 6 heteroatoms. The molecule has 0 bridgehead atoms. The molecule has 0 radical (unpaired) electrons. The number of nitrogens with one attached hydrogen (secondary N) is 1. The maximum atomic E-state index is 11.1. The minimum atomic E-state index is -0.135. The largest absolute Gasteiger partial charge is 0.469 e. The third-order valence-electron chi connectivity index (χ3n) is 4.64. The molecule has 0 unspecified atom stereocenters. The number of carbonyl (C=O) groups is 1. The zero-order valence-corrected chi connectivity index (χ0v) is 18.2. The summed E-state index contributed by atoms with van der Waals surface area (Å²) in [6, 6.07) is 0. The number of halogens is 1. The Labute approximate surface area is 165 Å². The van der Waals surface area contributed by atoms with Gasteiger partial charge in [-0.3, -0.25) is 9.79 Å². The van der Waals surface area contributed by atoms with E-state index in [0.29, 0.717) is 6.42 Å². The van der Waals surface area contributed by atoms with Crippen LogP contribution in [0.25, 0.3) is 0 Å². The minimum absolute atomic E-state index is 0. The van der Waals surface area contributed by atoms with E-state index in [1.807, 2.05) is 0 Å². The van der Waals surface area contributed by atoms with E-state index >= 15 is 0 Å². The van der Waals surface area contributed by atoms with Crippen molar-refractivity contribution >= 4 is 35.9 Å². The number of esters is 1. The number of hydrogen-bond donors (Lipinski definition) is 1. The van der Waals surface area contributed by atoms with E-state index in [9.17, 15) is 4.79 Å². The normalized spacial score (nSPS) is 20.9. The van der Waals surface area contributed by atoms with Crippen LogP contribution in [0.4, 0.5) is 0 Å². The highest BCUT2D eigenvalue weighted by atomic mass is 127. The molecule has 24 heavy (non-hydrogen) atoms. The van der Waals surface area contributed by atoms with Crippen molar-refractivity contribution in [2.45, 2.75) is 58.8 Å². The third-order valence-corrected chi connectivity index (χ3v) is 4.64. The van der Waals surface area contributed by atoms with Crippen molar-refractivity contribution in [3.8, 4) is 0 Å². The molecule has 0 heterocycles. The average molecular weight is 453 g/mol. The predicted molar refractivity (Wildman–Crippen MR) is 111 cm³/mol. The van der Waals surface area contributed by atoms with Gasteiger partial charge in [-0.05, 0) is 44.4 Å². The quantitative estimate of drug-likeness (QED) is 0.200. The van der Waals surface area contributed by atoms with Crippen LogP contribution in [0.2, 0.25) is 0 Å². The molecule has 0 amide bonds. The van der Waals surface area contributed by atoms with E-state index in [1.54, 1.807) is 0 Å². The van der Waals surface area contributed by atoms with Crippen LogP contribution in [0.3, 0.4) is 0 Å². The van der Waals surface area contributed by atoms with Gasteiger partial charge >= 0.3 is 5.97 Å². The molecule has 0 spiro atoms. The van der Waals surface area contributed by atoms with E-state index in [4.69, 9.17) is 4.99 Å². The first kappa shape index (κ1) is 23.5. The van der Waals surface area contributed by atoms with Crippen LogP contribution >= 0.6 is 24.0 Å². The Hall–Kier alpha value is -0.530. The van der Waals surface area contributed by atoms with Crippen molar-refractivity contribution in [3.05, 3.63) is 0 Å². The monoisotopic (exact) mass is 453 g/mol. The summed E-state index contributed by atoms with van der Waals surface area (Å²) in [4.78, 5) is 18.0. The topological polar surface area (TPSA) is 53.9 Å². The predicted octanol–water partition coefficient (Wildman–Crippen LogP) is 3.67. The van der Waals surface area contributed by atoms with Gasteiger partial charge in [0, 0.05) is 33.1 Å². The number of nitrogens with zero attached hydrogens (tertiary/aromatic N) is 2. The third kappa shape index (κ3) is 9.69. The van der Waals surface area contributed by atoms with Crippen LogP contribution in [-0.2, 0) is 9.53 Å². The second kappa shape index (κ2) is 13.7. The van der Waals surface area contributed by atoms with E-state index in [-0.39, 0.29) is 29.9 Å². The molecule has 1 fully saturated rings. The summed E-state index contributed by atoms with van der Waals surface area (Å²) in [6.45, 7) is 7.18. The van der Waals surface area contributed by atoms with Crippen molar-refractivity contribution in [2.24, 2.45) is 16.8 Å². The van der Waals surface area contributed by atoms with Gasteiger partial charge in [-0.25, -0.2) is 0 Å². The van der Waals surface area contributed by atoms with E-state index in [1.165, 1.54) is 32.8 Å². The Kier molecular flexibility index (Phi) is 13.4. The van der Waals surface area contributed by atoms with Gasteiger partial charge in [0.1, 0.15) is 0 Å². The summed E-state index contributed by atoms with van der Waals surface area (Å²) in [5.74, 6) is 2.54. The number of aliphatic imine (C=N–C) groups is 1. The molecule has 0 aromatic heterocycles. The lowest BCUT2D eigenvalue weighted by molar-refractivity contribution is -0.140. The molecule has 142 valence electrons. The second-order valence-corrected chi connectivity index (χ2v) is 6.78. The van der Waals surface area contributed by atoms with Gasteiger partial charge in [-0.2, -0.15) is 0 Å². The Morgan fingerprint density at radius 3 is 2.50 bits per heavy atom. The lowest BCUT2D eigenvalue weighted by Crippen LogP contribution is -2.42. The van der Waals surface area contributed by atoms with Crippen LogP contribution in [0, 0.1) is 11.8 Å². The molecule has 1 aliphatic rings. The molecule has 1 aliphatic carbocycles. The smallest absolute Gasteiger partial charge is 0.305 e. The van der Waals surface area contributed by atoms with Crippen molar-refractivity contribution in [2.75, 3.05) is 33.8 Å². The fraction of sp³-hybridized carbons (Fsp3) is 0.889. The molecule has 1 saturated carbocycles. The number of guanidine groups is 1. The molecule has 0 atom stereocenters. The molecule has 0 aromatic carbocycles. The number of hydrogen-bond acceptors (Lipinski definition) is 3. The summed E-state index contributed by atoms with van der Waals surface area (Å²) < 4.78 is 4.65. The Balaban J connectivity index is 0.00000529. The van der Waals surface area contributed by atoms with E-state index < -0.39 is 0 Å². The summed E-state index contributed by atoms with van der Waals surface area (Å²) >= 11 is 0. The lowest BCUT2D eigenvalue weighted by Gasteiger charge is -2.31. The molecular formula is C18H36IN3O2. The van der Waals surface area contributed by atoms with E-state index in [2.05, 4.69) is 35.8 Å². The van der Waals surface area contributed by atoms with Crippen LogP contribution in [0.1, 0.15) is 58.8 Å². The summed E-state index contributed by atoms with van der Waals surface area (Å²) in [5.41, 5.74) is 0. The number of unbranched alkanes of at least 4 members (excludes halogenated alkanes) is 1. The van der Waals surface area contributed by atoms with Gasteiger partial charge in [0.15, 0.2) is 5.96 Å². The highest BCUT2D eigenvalue weighted by molar-refractivity contribution is 14.0. The molecule has 0 saturated heterocycles. The average Bonchev–Trinajstić information content (AvgIpc) is 2.55. The number of ether oxygens (including phenoxy) is 1. The zero-order chi connectivity index (χ0) is 17.1. The van der Waals surface area contributed by atoms with Gasteiger partial charge < -0.3 is 15.0 Å². The first-order valence-electron chi connectivity index (χ1n) is 9.13. The zero-order valence-electron chi connectivity index (χ0n) is 15.8. The maximum absolute atomic E-state index is 11.1. The number of carbonyl (C=O) groups excluding carboxylic acids is 1. The van der Waals surface area contributed by atoms with Crippen molar-refractivity contribution in [1.82, 2.24) is 10.2 Å². The standard InChI is InChI=1S/C18H35N3O2.HI/c1-5-19-18(20-13-7-6-8-17(22)23-4)21(3)14-16-11-9-15(2)10-12-16;/h15-16H,5-14H2,1-4H3,(H,19,20);1H. The Morgan fingerprint density at radius 1 is 1.25 bits per heavy atom. The summed E-state index contributed by atoms with van der Waals surface area (Å²) in [6.07, 6.45) is 7.63. The molecule has 0 aromatic rings. The second-order valence-electron chi connectivity index (χ2n) is 6.78. The Morgan fingerprint density at radius 2 is 1.92 bits per heavy atom. The van der Waals surface area contributed by atoms with Crippen molar-refractivity contribution in [3.63, 3.8) is 0 Å². The fourth-order valence-corrected chi connectivity index (χ4v) is 3.12. The first-order chi connectivity index (χ1) is 11.1. The van der Waals surface area contributed by atoms with Crippen molar-refractivity contribution < 1.29 is 9.53 Å². The fourth-order valence-electron chi connectivity index (χ4n) is 3.12. The van der Waals surface area contributed by atoms with Gasteiger partial charge in [0.2, 0.25) is 0 Å². The van der Waals surface area contributed by atoms with Crippen LogP contribution in [0.15, 0.2) is 4.99 Å².